The van der Waals surface area contributed by atoms with Crippen molar-refractivity contribution in [2.45, 2.75) is 20.0 Å². The van der Waals surface area contributed by atoms with Gasteiger partial charge in [-0.3, -0.25) is 0 Å². The molecular formula is C15H14BrF2NO2. The number of anilines is 1. The highest BCUT2D eigenvalue weighted by Crippen LogP contribution is 2.36. The number of hydrogen-bond donors (Lipinski definition) is 1. The Labute approximate surface area is 129 Å². The number of nitrogens with two attached hydrogens (primary N) is 1. The van der Waals surface area contributed by atoms with Crippen LogP contribution in [0.2, 0.25) is 0 Å². The van der Waals surface area contributed by atoms with Crippen LogP contribution in [0.25, 0.3) is 0 Å². The summed E-state index contributed by atoms with van der Waals surface area (Å²) in [6, 6.07) is 6.46. The smallest absolute Gasteiger partial charge is 0.167 e. The molecule has 0 aromatic heterocycles. The first-order valence-corrected chi connectivity index (χ1v) is 7.04. The molecule has 0 saturated carbocycles. The Kier molecular flexibility index (Phi) is 4.67. The Balaban J connectivity index is 2.37. The highest BCUT2D eigenvalue weighted by Gasteiger charge is 2.13. The Hall–Kier alpha value is -1.82. The lowest BCUT2D eigenvalue weighted by molar-refractivity contribution is 0.230. The second-order valence-corrected chi connectivity index (χ2v) is 5.52. The monoisotopic (exact) mass is 357 g/mol. The molecule has 0 unspecified atom stereocenters. The van der Waals surface area contributed by atoms with E-state index in [0.717, 1.165) is 6.07 Å². The van der Waals surface area contributed by atoms with E-state index < -0.39 is 11.6 Å². The molecule has 0 bridgehead atoms. The van der Waals surface area contributed by atoms with Gasteiger partial charge in [-0.05, 0) is 41.9 Å². The fourth-order valence-electron chi connectivity index (χ4n) is 1.66. The molecule has 0 saturated heterocycles. The lowest BCUT2D eigenvalue weighted by atomic mass is 10.2. The van der Waals surface area contributed by atoms with Gasteiger partial charge in [0.25, 0.3) is 0 Å². The topological polar surface area (TPSA) is 44.5 Å². The molecular weight excluding hydrogens is 344 g/mol. The lowest BCUT2D eigenvalue weighted by Crippen LogP contribution is -2.07. The summed E-state index contributed by atoms with van der Waals surface area (Å²) in [5, 5.41) is 0. The summed E-state index contributed by atoms with van der Waals surface area (Å²) < 4.78 is 38.4. The van der Waals surface area contributed by atoms with Crippen molar-refractivity contribution in [3.63, 3.8) is 0 Å². The molecule has 21 heavy (non-hydrogen) atoms. The predicted molar refractivity (Wildman–Crippen MR) is 80.8 cm³/mol. The Morgan fingerprint density at radius 2 is 1.76 bits per heavy atom. The van der Waals surface area contributed by atoms with Crippen LogP contribution in [-0.2, 0) is 0 Å². The van der Waals surface area contributed by atoms with Crippen LogP contribution in [0.5, 0.6) is 17.2 Å². The van der Waals surface area contributed by atoms with E-state index in [1.54, 1.807) is 13.8 Å². The molecule has 0 aliphatic carbocycles. The van der Waals surface area contributed by atoms with Crippen molar-refractivity contribution in [3.05, 3.63) is 46.4 Å². The van der Waals surface area contributed by atoms with Crippen LogP contribution in [0.3, 0.4) is 0 Å². The van der Waals surface area contributed by atoms with Crippen molar-refractivity contribution in [1.82, 2.24) is 0 Å². The third-order valence-corrected chi connectivity index (χ3v) is 3.20. The molecule has 2 aromatic rings. The average Bonchev–Trinajstić information content (AvgIpc) is 2.39. The van der Waals surface area contributed by atoms with E-state index >= 15 is 0 Å². The van der Waals surface area contributed by atoms with E-state index in [4.69, 9.17) is 15.2 Å². The average molecular weight is 358 g/mol. The predicted octanol–water partition coefficient (Wildman–Crippen LogP) is 4.89. The maximum absolute atomic E-state index is 13.7. The van der Waals surface area contributed by atoms with Crippen molar-refractivity contribution in [2.75, 3.05) is 5.73 Å². The Bertz CT molecular complexity index is 662. The van der Waals surface area contributed by atoms with Crippen LogP contribution in [0.4, 0.5) is 14.5 Å². The van der Waals surface area contributed by atoms with Gasteiger partial charge in [-0.15, -0.1) is 0 Å². The zero-order chi connectivity index (χ0) is 15.6. The number of halogens is 3. The fourth-order valence-corrected chi connectivity index (χ4v) is 1.98. The molecule has 0 aliphatic heterocycles. The van der Waals surface area contributed by atoms with Crippen molar-refractivity contribution in [2.24, 2.45) is 0 Å². The third-order valence-electron chi connectivity index (χ3n) is 2.54. The highest BCUT2D eigenvalue weighted by molar-refractivity contribution is 9.10. The van der Waals surface area contributed by atoms with E-state index in [-0.39, 0.29) is 29.0 Å². The van der Waals surface area contributed by atoms with E-state index in [2.05, 4.69) is 15.9 Å². The van der Waals surface area contributed by atoms with Gasteiger partial charge in [-0.25, -0.2) is 8.78 Å². The first-order valence-electron chi connectivity index (χ1n) is 6.25. The highest BCUT2D eigenvalue weighted by atomic mass is 79.9. The van der Waals surface area contributed by atoms with E-state index in [1.165, 1.54) is 24.3 Å². The molecule has 0 radical (unpaired) electrons. The zero-order valence-corrected chi connectivity index (χ0v) is 13.1. The van der Waals surface area contributed by atoms with Gasteiger partial charge in [0.15, 0.2) is 17.3 Å². The van der Waals surface area contributed by atoms with Crippen LogP contribution in [0.15, 0.2) is 34.8 Å². The lowest BCUT2D eigenvalue weighted by Gasteiger charge is -2.15. The molecule has 0 heterocycles. The molecule has 2 N–H and O–H groups in total. The molecule has 6 heteroatoms. The summed E-state index contributed by atoms with van der Waals surface area (Å²) in [4.78, 5) is 0. The normalized spacial score (nSPS) is 10.8. The summed E-state index contributed by atoms with van der Waals surface area (Å²) >= 11 is 3.25. The van der Waals surface area contributed by atoms with Crippen molar-refractivity contribution < 1.29 is 18.3 Å². The van der Waals surface area contributed by atoms with Crippen molar-refractivity contribution in [1.29, 1.82) is 0 Å². The van der Waals surface area contributed by atoms with Gasteiger partial charge in [-0.2, -0.15) is 0 Å². The summed E-state index contributed by atoms with van der Waals surface area (Å²) in [5.74, 6) is -0.566. The number of hydrogen-bond acceptors (Lipinski definition) is 3. The third kappa shape index (κ3) is 3.85. The maximum atomic E-state index is 13.7. The van der Waals surface area contributed by atoms with Crippen molar-refractivity contribution in [3.8, 4) is 17.2 Å². The van der Waals surface area contributed by atoms with Crippen LogP contribution in [-0.4, -0.2) is 6.10 Å². The largest absolute Gasteiger partial charge is 0.488 e. The molecule has 0 amide bonds. The first-order chi connectivity index (χ1) is 9.86. The maximum Gasteiger partial charge on any atom is 0.167 e. The summed E-state index contributed by atoms with van der Waals surface area (Å²) in [7, 11) is 0. The minimum Gasteiger partial charge on any atom is -0.488 e. The molecule has 112 valence electrons. The van der Waals surface area contributed by atoms with Gasteiger partial charge in [0, 0.05) is 18.2 Å². The van der Waals surface area contributed by atoms with Crippen LogP contribution in [0, 0.1) is 11.6 Å². The molecule has 0 spiro atoms. The summed E-state index contributed by atoms with van der Waals surface area (Å²) in [5.41, 5.74) is 5.82. The zero-order valence-electron chi connectivity index (χ0n) is 11.5. The molecule has 0 aliphatic rings. The summed E-state index contributed by atoms with van der Waals surface area (Å²) in [6.45, 7) is 3.55. The van der Waals surface area contributed by atoms with Crippen LogP contribution >= 0.6 is 15.9 Å². The standard InChI is InChI=1S/C15H14BrF2NO2/c1-8(2)20-14-7-15(12(19)6-11(14)18)21-13-5-9(17)3-4-10(13)16/h3-8H,19H2,1-2H3. The van der Waals surface area contributed by atoms with Crippen LogP contribution < -0.4 is 15.2 Å². The molecule has 0 atom stereocenters. The molecule has 2 aromatic carbocycles. The number of benzene rings is 2. The fraction of sp³-hybridized carbons (Fsp3) is 0.200. The van der Waals surface area contributed by atoms with E-state index in [1.807, 2.05) is 0 Å². The molecule has 0 fully saturated rings. The Morgan fingerprint density at radius 3 is 2.43 bits per heavy atom. The quantitative estimate of drug-likeness (QED) is 0.792. The van der Waals surface area contributed by atoms with Crippen molar-refractivity contribution >= 4 is 21.6 Å². The van der Waals surface area contributed by atoms with Gasteiger partial charge in [0.05, 0.1) is 16.3 Å². The van der Waals surface area contributed by atoms with Gasteiger partial charge in [0.1, 0.15) is 11.6 Å². The van der Waals surface area contributed by atoms with Gasteiger partial charge >= 0.3 is 0 Å². The Morgan fingerprint density at radius 1 is 1.05 bits per heavy atom. The van der Waals surface area contributed by atoms with Gasteiger partial charge in [-0.1, -0.05) is 0 Å². The summed E-state index contributed by atoms with van der Waals surface area (Å²) in [6.07, 6.45) is -0.197. The number of ether oxygens (including phenoxy) is 2. The SMILES string of the molecule is CC(C)Oc1cc(Oc2cc(F)ccc2Br)c(N)cc1F. The van der Waals surface area contributed by atoms with E-state index in [0.29, 0.717) is 4.47 Å². The second kappa shape index (κ2) is 6.30. The first kappa shape index (κ1) is 15.6. The molecule has 3 nitrogen and oxygen atoms in total. The minimum atomic E-state index is -0.577. The minimum absolute atomic E-state index is 0.0294. The van der Waals surface area contributed by atoms with Gasteiger partial charge < -0.3 is 15.2 Å². The van der Waals surface area contributed by atoms with Gasteiger partial charge in [0.2, 0.25) is 0 Å². The number of rotatable bonds is 4. The number of nitrogen functional groups attached to an aromatic ring is 1. The van der Waals surface area contributed by atoms with E-state index in [9.17, 15) is 8.78 Å². The van der Waals surface area contributed by atoms with Crippen LogP contribution in [0.1, 0.15) is 13.8 Å². The second-order valence-electron chi connectivity index (χ2n) is 4.66. The molecule has 2 rings (SSSR count).